The van der Waals surface area contributed by atoms with Gasteiger partial charge in [-0.1, -0.05) is 25.7 Å². The van der Waals surface area contributed by atoms with Crippen LogP contribution in [0.15, 0.2) is 4.99 Å². The largest absolute Gasteiger partial charge is 0.355 e. The van der Waals surface area contributed by atoms with E-state index in [9.17, 15) is 9.59 Å². The van der Waals surface area contributed by atoms with E-state index in [0.717, 1.165) is 38.5 Å². The van der Waals surface area contributed by atoms with Crippen LogP contribution in [0.3, 0.4) is 0 Å². The Bertz CT molecular complexity index is 524. The predicted molar refractivity (Wildman–Crippen MR) is 119 cm³/mol. The van der Waals surface area contributed by atoms with E-state index in [1.165, 1.54) is 12.8 Å². The summed E-state index contributed by atoms with van der Waals surface area (Å²) in [6.45, 7) is 0.683. The number of hydrogen-bond acceptors (Lipinski definition) is 3. The first-order valence-corrected chi connectivity index (χ1v) is 9.81. The van der Waals surface area contributed by atoms with Gasteiger partial charge in [-0.2, -0.15) is 0 Å². The van der Waals surface area contributed by atoms with Crippen LogP contribution >= 0.6 is 24.0 Å². The Labute approximate surface area is 180 Å². The van der Waals surface area contributed by atoms with Crippen molar-refractivity contribution in [3.8, 4) is 0 Å². The van der Waals surface area contributed by atoms with Gasteiger partial charge in [0, 0.05) is 40.8 Å². The van der Waals surface area contributed by atoms with Gasteiger partial charge in [0.2, 0.25) is 11.8 Å². The lowest BCUT2D eigenvalue weighted by Gasteiger charge is -2.32. The van der Waals surface area contributed by atoms with E-state index in [1.807, 2.05) is 14.1 Å². The Hall–Kier alpha value is -1.06. The van der Waals surface area contributed by atoms with Crippen LogP contribution in [0.1, 0.15) is 51.4 Å². The van der Waals surface area contributed by atoms with Gasteiger partial charge in [0.05, 0.1) is 5.41 Å². The molecule has 8 heteroatoms. The number of nitrogens with zero attached hydrogens (tertiary/aromatic N) is 3. The highest BCUT2D eigenvalue weighted by atomic mass is 127. The molecule has 0 aromatic heterocycles. The van der Waals surface area contributed by atoms with E-state index in [2.05, 4.69) is 15.6 Å². The van der Waals surface area contributed by atoms with E-state index in [-0.39, 0.29) is 47.8 Å². The summed E-state index contributed by atoms with van der Waals surface area (Å²) < 4.78 is 0. The monoisotopic (exact) mass is 493 g/mol. The van der Waals surface area contributed by atoms with Crippen LogP contribution in [-0.2, 0) is 9.59 Å². The zero-order valence-corrected chi connectivity index (χ0v) is 19.5. The zero-order valence-electron chi connectivity index (χ0n) is 17.2. The average Bonchev–Trinajstić information content (AvgIpc) is 3.28. The molecule has 2 saturated carbocycles. The Morgan fingerprint density at radius 3 is 2.11 bits per heavy atom. The summed E-state index contributed by atoms with van der Waals surface area (Å²) in [6.07, 6.45) is 8.70. The third-order valence-corrected chi connectivity index (χ3v) is 5.58. The molecule has 2 rings (SSSR count). The van der Waals surface area contributed by atoms with Crippen LogP contribution in [0.5, 0.6) is 0 Å². The second-order valence-electron chi connectivity index (χ2n) is 8.12. The van der Waals surface area contributed by atoms with Crippen molar-refractivity contribution >= 4 is 41.8 Å². The summed E-state index contributed by atoms with van der Waals surface area (Å²) in [5, 5.41) is 6.84. The standard InChI is InChI=1S/C19H35N5O2.HI/c1-23(2)16(25)13-20-18(22-15-9-5-6-10-15)21-14-19(11-7-8-12-19)17(26)24(3)4;/h15H,5-14H2,1-4H3,(H2,20,21,22);1H. The summed E-state index contributed by atoms with van der Waals surface area (Å²) >= 11 is 0. The first-order valence-electron chi connectivity index (χ1n) is 9.81. The second-order valence-corrected chi connectivity index (χ2v) is 8.12. The molecule has 0 saturated heterocycles. The molecule has 0 heterocycles. The van der Waals surface area contributed by atoms with Gasteiger partial charge in [-0.15, -0.1) is 24.0 Å². The van der Waals surface area contributed by atoms with Crippen molar-refractivity contribution in [1.29, 1.82) is 0 Å². The maximum Gasteiger partial charge on any atom is 0.243 e. The third kappa shape index (κ3) is 6.80. The van der Waals surface area contributed by atoms with E-state index in [0.29, 0.717) is 18.5 Å². The molecule has 0 spiro atoms. The first-order chi connectivity index (χ1) is 12.3. The lowest BCUT2D eigenvalue weighted by atomic mass is 9.84. The zero-order chi connectivity index (χ0) is 19.2. The Kier molecular flexibility index (Phi) is 9.83. The predicted octanol–water partition coefficient (Wildman–Crippen LogP) is 1.82. The lowest BCUT2D eigenvalue weighted by molar-refractivity contribution is -0.138. The molecular weight excluding hydrogens is 457 g/mol. The molecule has 2 aliphatic rings. The molecule has 0 radical (unpaired) electrons. The third-order valence-electron chi connectivity index (χ3n) is 5.58. The summed E-state index contributed by atoms with van der Waals surface area (Å²) in [7, 11) is 7.12. The van der Waals surface area contributed by atoms with Crippen LogP contribution in [0.4, 0.5) is 0 Å². The quantitative estimate of drug-likeness (QED) is 0.336. The summed E-state index contributed by atoms with van der Waals surface area (Å²) in [6, 6.07) is 0.403. The van der Waals surface area contributed by atoms with Crippen molar-refractivity contribution in [3.05, 3.63) is 0 Å². The minimum atomic E-state index is -0.354. The minimum Gasteiger partial charge on any atom is -0.355 e. The molecule has 7 nitrogen and oxygen atoms in total. The molecule has 0 unspecified atom stereocenters. The van der Waals surface area contributed by atoms with Gasteiger partial charge in [-0.05, 0) is 25.7 Å². The van der Waals surface area contributed by atoms with Crippen LogP contribution in [0.25, 0.3) is 0 Å². The highest BCUT2D eigenvalue weighted by Crippen LogP contribution is 2.38. The van der Waals surface area contributed by atoms with E-state index >= 15 is 0 Å². The van der Waals surface area contributed by atoms with E-state index in [1.54, 1.807) is 23.9 Å². The normalized spacial score (nSPS) is 19.3. The van der Waals surface area contributed by atoms with E-state index < -0.39 is 0 Å². The molecule has 0 aliphatic heterocycles. The summed E-state index contributed by atoms with van der Waals surface area (Å²) in [4.78, 5) is 32.4. The number of carbonyl (C=O) groups is 2. The summed E-state index contributed by atoms with van der Waals surface area (Å²) in [5.74, 6) is 0.814. The van der Waals surface area contributed by atoms with Gasteiger partial charge in [0.1, 0.15) is 6.54 Å². The van der Waals surface area contributed by atoms with Crippen molar-refractivity contribution in [3.63, 3.8) is 0 Å². The topological polar surface area (TPSA) is 77.0 Å². The number of carbonyl (C=O) groups excluding carboxylic acids is 2. The molecule has 0 bridgehead atoms. The van der Waals surface area contributed by atoms with Crippen molar-refractivity contribution in [1.82, 2.24) is 20.4 Å². The fraction of sp³-hybridized carbons (Fsp3) is 0.842. The molecule has 2 amide bonds. The number of nitrogens with one attached hydrogen (secondary N) is 2. The molecule has 0 aromatic rings. The van der Waals surface area contributed by atoms with Crippen LogP contribution in [0.2, 0.25) is 0 Å². The highest BCUT2D eigenvalue weighted by Gasteiger charge is 2.42. The Morgan fingerprint density at radius 1 is 1.00 bits per heavy atom. The fourth-order valence-electron chi connectivity index (χ4n) is 3.95. The highest BCUT2D eigenvalue weighted by molar-refractivity contribution is 14.0. The number of guanidine groups is 1. The number of amides is 2. The first kappa shape index (κ1) is 24.0. The SMILES string of the molecule is CN(C)C(=O)CN=C(NCC1(C(=O)N(C)C)CCCC1)NC1CCCC1.I. The molecule has 0 atom stereocenters. The fourth-order valence-corrected chi connectivity index (χ4v) is 3.95. The number of likely N-dealkylation sites (N-methyl/N-ethyl adjacent to an activating group) is 1. The lowest BCUT2D eigenvalue weighted by Crippen LogP contribution is -2.50. The number of hydrogen-bond donors (Lipinski definition) is 2. The van der Waals surface area contributed by atoms with Gasteiger partial charge < -0.3 is 20.4 Å². The van der Waals surface area contributed by atoms with Crippen molar-refractivity contribution < 1.29 is 9.59 Å². The number of rotatable bonds is 6. The maximum absolute atomic E-state index is 12.7. The molecule has 2 aliphatic carbocycles. The van der Waals surface area contributed by atoms with Crippen molar-refractivity contribution in [2.45, 2.75) is 57.4 Å². The molecule has 27 heavy (non-hydrogen) atoms. The van der Waals surface area contributed by atoms with Gasteiger partial charge in [-0.3, -0.25) is 9.59 Å². The van der Waals surface area contributed by atoms with Gasteiger partial charge >= 0.3 is 0 Å². The van der Waals surface area contributed by atoms with Crippen LogP contribution in [-0.4, -0.2) is 74.9 Å². The maximum atomic E-state index is 12.7. The van der Waals surface area contributed by atoms with Crippen LogP contribution in [0, 0.1) is 5.41 Å². The van der Waals surface area contributed by atoms with Crippen molar-refractivity contribution in [2.75, 3.05) is 41.3 Å². The second kappa shape index (κ2) is 11.1. The average molecular weight is 493 g/mol. The molecular formula is C19H36IN5O2. The molecule has 2 N–H and O–H groups in total. The summed E-state index contributed by atoms with van der Waals surface area (Å²) in [5.41, 5.74) is -0.354. The smallest absolute Gasteiger partial charge is 0.243 e. The minimum absolute atomic E-state index is 0. The molecule has 2 fully saturated rings. The van der Waals surface area contributed by atoms with Crippen LogP contribution < -0.4 is 10.6 Å². The number of halogens is 1. The van der Waals surface area contributed by atoms with Gasteiger partial charge in [-0.25, -0.2) is 4.99 Å². The van der Waals surface area contributed by atoms with Gasteiger partial charge in [0.25, 0.3) is 0 Å². The molecule has 0 aromatic carbocycles. The molecule has 156 valence electrons. The Balaban J connectivity index is 0.00000364. The number of aliphatic imine (C=N–C) groups is 1. The van der Waals surface area contributed by atoms with E-state index in [4.69, 9.17) is 0 Å². The Morgan fingerprint density at radius 2 is 1.59 bits per heavy atom. The van der Waals surface area contributed by atoms with Crippen molar-refractivity contribution in [2.24, 2.45) is 10.4 Å². The van der Waals surface area contributed by atoms with Gasteiger partial charge in [0.15, 0.2) is 5.96 Å².